The standard InChI is InChI=1S/C12H9IO4/c1-9(14)10-3-5-11(6-4-10)17-12(15)16-8-2-7-13/h3-6H,8H2,1H3. The maximum Gasteiger partial charge on any atom is 0.514 e. The molecule has 5 heteroatoms. The number of ketones is 1. The molecule has 0 bridgehead atoms. The van der Waals surface area contributed by atoms with Gasteiger partial charge in [0, 0.05) is 28.2 Å². The molecule has 0 aliphatic carbocycles. The fraction of sp³-hybridized carbons (Fsp3) is 0.167. The maximum absolute atomic E-state index is 11.1. The summed E-state index contributed by atoms with van der Waals surface area (Å²) in [5.74, 6) is 2.83. The van der Waals surface area contributed by atoms with Crippen molar-refractivity contribution >= 4 is 34.5 Å². The Kier molecular flexibility index (Phi) is 5.49. The van der Waals surface area contributed by atoms with Crippen LogP contribution >= 0.6 is 22.6 Å². The number of ether oxygens (including phenoxy) is 2. The molecule has 0 saturated carbocycles. The number of hydrogen-bond donors (Lipinski definition) is 0. The van der Waals surface area contributed by atoms with E-state index >= 15 is 0 Å². The molecule has 0 N–H and O–H groups in total. The smallest absolute Gasteiger partial charge is 0.421 e. The number of benzene rings is 1. The molecule has 0 aliphatic heterocycles. The van der Waals surface area contributed by atoms with Crippen molar-refractivity contribution < 1.29 is 19.1 Å². The van der Waals surface area contributed by atoms with E-state index in [2.05, 4.69) is 14.6 Å². The summed E-state index contributed by atoms with van der Waals surface area (Å²) >= 11 is 1.84. The molecule has 1 rings (SSSR count). The molecule has 0 fully saturated rings. The second-order valence-electron chi connectivity index (χ2n) is 2.99. The topological polar surface area (TPSA) is 52.6 Å². The summed E-state index contributed by atoms with van der Waals surface area (Å²) < 4.78 is 12.1. The number of halogens is 1. The van der Waals surface area contributed by atoms with E-state index < -0.39 is 6.16 Å². The molecule has 0 radical (unpaired) electrons. The first-order chi connectivity index (χ1) is 8.13. The van der Waals surface area contributed by atoms with Crippen molar-refractivity contribution in [2.24, 2.45) is 0 Å². The van der Waals surface area contributed by atoms with E-state index in [1.807, 2.05) is 22.6 Å². The Morgan fingerprint density at radius 3 is 2.47 bits per heavy atom. The van der Waals surface area contributed by atoms with Crippen LogP contribution in [0, 0.1) is 9.85 Å². The lowest BCUT2D eigenvalue weighted by atomic mass is 10.1. The quantitative estimate of drug-likeness (QED) is 0.278. The Bertz CT molecular complexity index is 468. The number of hydrogen-bond acceptors (Lipinski definition) is 4. The van der Waals surface area contributed by atoms with Gasteiger partial charge in [-0.2, -0.15) is 0 Å². The van der Waals surface area contributed by atoms with Crippen molar-refractivity contribution in [2.45, 2.75) is 6.92 Å². The van der Waals surface area contributed by atoms with Crippen LogP contribution < -0.4 is 4.74 Å². The number of Topliss-reactive ketones (excluding diaryl/α,β-unsaturated/α-hetero) is 1. The molecule has 0 saturated heterocycles. The normalized spacial score (nSPS) is 8.82. The van der Waals surface area contributed by atoms with Gasteiger partial charge < -0.3 is 9.47 Å². The molecule has 0 heterocycles. The Morgan fingerprint density at radius 1 is 1.29 bits per heavy atom. The van der Waals surface area contributed by atoms with E-state index in [9.17, 15) is 9.59 Å². The van der Waals surface area contributed by atoms with Gasteiger partial charge in [0.05, 0.1) is 0 Å². The minimum absolute atomic E-state index is 0.00664. The van der Waals surface area contributed by atoms with Crippen molar-refractivity contribution in [2.75, 3.05) is 6.61 Å². The highest BCUT2D eigenvalue weighted by Gasteiger charge is 2.05. The zero-order valence-corrected chi connectivity index (χ0v) is 11.2. The highest BCUT2D eigenvalue weighted by Crippen LogP contribution is 2.13. The molecule has 88 valence electrons. The lowest BCUT2D eigenvalue weighted by molar-refractivity contribution is 0.101. The Labute approximate surface area is 112 Å². The van der Waals surface area contributed by atoms with Crippen LogP contribution in [0.1, 0.15) is 17.3 Å². The van der Waals surface area contributed by atoms with Crippen LogP contribution in [0.3, 0.4) is 0 Å². The van der Waals surface area contributed by atoms with Crippen molar-refractivity contribution in [3.8, 4) is 15.6 Å². The molecule has 0 aromatic heterocycles. The molecule has 1 aromatic carbocycles. The summed E-state index contributed by atoms with van der Waals surface area (Å²) in [6.45, 7) is 1.46. The van der Waals surface area contributed by atoms with Crippen LogP contribution in [-0.2, 0) is 4.74 Å². The van der Waals surface area contributed by atoms with Crippen molar-refractivity contribution in [3.63, 3.8) is 0 Å². The fourth-order valence-electron chi connectivity index (χ4n) is 1.01. The average Bonchev–Trinajstić information content (AvgIpc) is 2.30. The molecule has 17 heavy (non-hydrogen) atoms. The summed E-state index contributed by atoms with van der Waals surface area (Å²) in [6.07, 6.45) is -0.820. The van der Waals surface area contributed by atoms with E-state index in [0.717, 1.165) is 0 Å². The molecule has 0 aliphatic rings. The van der Waals surface area contributed by atoms with Crippen LogP contribution in [0.25, 0.3) is 0 Å². The highest BCUT2D eigenvalue weighted by molar-refractivity contribution is 14.1. The van der Waals surface area contributed by atoms with Gasteiger partial charge in [-0.3, -0.25) is 4.79 Å². The third-order valence-electron chi connectivity index (χ3n) is 1.79. The molecular weight excluding hydrogens is 335 g/mol. The molecule has 4 nitrogen and oxygen atoms in total. The van der Waals surface area contributed by atoms with Crippen LogP contribution in [0.5, 0.6) is 5.75 Å². The van der Waals surface area contributed by atoms with E-state index in [0.29, 0.717) is 11.3 Å². The van der Waals surface area contributed by atoms with Gasteiger partial charge >= 0.3 is 6.16 Å². The van der Waals surface area contributed by atoms with Crippen LogP contribution in [0.2, 0.25) is 0 Å². The maximum atomic E-state index is 11.1. The predicted molar refractivity (Wildman–Crippen MR) is 70.2 cm³/mol. The van der Waals surface area contributed by atoms with Crippen molar-refractivity contribution in [3.05, 3.63) is 29.8 Å². The van der Waals surface area contributed by atoms with Gasteiger partial charge in [-0.1, -0.05) is 5.92 Å². The van der Waals surface area contributed by atoms with E-state index in [1.165, 1.54) is 19.1 Å². The SMILES string of the molecule is CC(=O)c1ccc(OC(=O)OCC#CI)cc1. The second kappa shape index (κ2) is 6.91. The minimum Gasteiger partial charge on any atom is -0.421 e. The third-order valence-corrected chi connectivity index (χ3v) is 2.17. The monoisotopic (exact) mass is 344 g/mol. The van der Waals surface area contributed by atoms with Gasteiger partial charge in [-0.05, 0) is 35.1 Å². The summed E-state index contributed by atoms with van der Waals surface area (Å²) in [4.78, 5) is 22.1. The number of carbonyl (C=O) groups excluding carboxylic acids is 2. The second-order valence-corrected chi connectivity index (χ2v) is 3.53. The Morgan fingerprint density at radius 2 is 1.94 bits per heavy atom. The lowest BCUT2D eigenvalue weighted by Crippen LogP contribution is -2.10. The van der Waals surface area contributed by atoms with Gasteiger partial charge in [0.25, 0.3) is 0 Å². The van der Waals surface area contributed by atoms with Gasteiger partial charge in [-0.25, -0.2) is 4.79 Å². The minimum atomic E-state index is -0.820. The lowest BCUT2D eigenvalue weighted by Gasteiger charge is -2.03. The molecule has 0 unspecified atom stereocenters. The van der Waals surface area contributed by atoms with Crippen LogP contribution in [0.15, 0.2) is 24.3 Å². The zero-order chi connectivity index (χ0) is 12.7. The Balaban J connectivity index is 2.53. The number of carbonyl (C=O) groups is 2. The third kappa shape index (κ3) is 4.87. The van der Waals surface area contributed by atoms with Gasteiger partial charge in [0.2, 0.25) is 0 Å². The highest BCUT2D eigenvalue weighted by atomic mass is 127. The Hall–Kier alpha value is -1.55. The predicted octanol–water partition coefficient (Wildman–Crippen LogP) is 2.80. The van der Waals surface area contributed by atoms with E-state index in [4.69, 9.17) is 4.74 Å². The van der Waals surface area contributed by atoms with Gasteiger partial charge in [-0.15, -0.1) is 0 Å². The van der Waals surface area contributed by atoms with Crippen molar-refractivity contribution in [1.29, 1.82) is 0 Å². The van der Waals surface area contributed by atoms with Crippen LogP contribution in [-0.4, -0.2) is 18.5 Å². The molecule has 0 amide bonds. The molecule has 0 atom stereocenters. The summed E-state index contributed by atoms with van der Waals surface area (Å²) in [7, 11) is 0. The summed E-state index contributed by atoms with van der Waals surface area (Å²) in [6, 6.07) is 6.22. The summed E-state index contributed by atoms with van der Waals surface area (Å²) in [5, 5.41) is 0. The summed E-state index contributed by atoms with van der Waals surface area (Å²) in [5.41, 5.74) is 0.557. The first kappa shape index (κ1) is 13.5. The van der Waals surface area contributed by atoms with E-state index in [1.54, 1.807) is 12.1 Å². The van der Waals surface area contributed by atoms with E-state index in [-0.39, 0.29) is 12.4 Å². The fourth-order valence-corrected chi connectivity index (χ4v) is 1.16. The molecule has 0 spiro atoms. The molecule has 1 aromatic rings. The average molecular weight is 344 g/mol. The van der Waals surface area contributed by atoms with Crippen molar-refractivity contribution in [1.82, 2.24) is 0 Å². The van der Waals surface area contributed by atoms with Crippen LogP contribution in [0.4, 0.5) is 4.79 Å². The number of rotatable bonds is 3. The molecular formula is C12H9IO4. The zero-order valence-electron chi connectivity index (χ0n) is 9.03. The first-order valence-corrected chi connectivity index (χ1v) is 5.75. The first-order valence-electron chi connectivity index (χ1n) is 4.67. The van der Waals surface area contributed by atoms with Gasteiger partial charge in [0.15, 0.2) is 12.4 Å². The largest absolute Gasteiger partial charge is 0.514 e. The van der Waals surface area contributed by atoms with Gasteiger partial charge in [0.1, 0.15) is 5.75 Å².